The molecular weight excluding hydrogens is 372 g/mol. The molecule has 0 unspecified atom stereocenters. The van der Waals surface area contributed by atoms with E-state index in [4.69, 9.17) is 0 Å². The number of hydrogen-bond donors (Lipinski definition) is 0. The number of nitrogens with zero attached hydrogens (tertiary/aromatic N) is 1. The highest BCUT2D eigenvalue weighted by atomic mass is 79.9. The van der Waals surface area contributed by atoms with Gasteiger partial charge in [-0.3, -0.25) is 0 Å². The lowest BCUT2D eigenvalue weighted by atomic mass is 10.2. The molecular formula is C16H10BrF2NOS. The van der Waals surface area contributed by atoms with Crippen molar-refractivity contribution in [3.05, 3.63) is 57.5 Å². The summed E-state index contributed by atoms with van der Waals surface area (Å²) in [6, 6.07) is 12.7. The molecule has 2 nitrogen and oxygen atoms in total. The number of fused-ring (bicyclic) bond motifs is 1. The van der Waals surface area contributed by atoms with Crippen LogP contribution in [0, 0.1) is 0 Å². The minimum atomic E-state index is -2.85. The Balaban J connectivity index is 1.92. The first-order valence-electron chi connectivity index (χ1n) is 6.40. The highest BCUT2D eigenvalue weighted by Crippen LogP contribution is 2.28. The second-order valence-corrected chi connectivity index (χ2v) is 6.39. The number of rotatable bonds is 4. The molecule has 3 rings (SSSR count). The maximum atomic E-state index is 12.4. The molecule has 2 aromatic carbocycles. The summed E-state index contributed by atoms with van der Waals surface area (Å²) in [4.78, 5) is 4.47. The van der Waals surface area contributed by atoms with Gasteiger partial charge in [0.25, 0.3) is 0 Å². The third kappa shape index (κ3) is 3.51. The summed E-state index contributed by atoms with van der Waals surface area (Å²) in [6.07, 6.45) is 3.52. The molecule has 0 aliphatic heterocycles. The van der Waals surface area contributed by atoms with Gasteiger partial charge in [-0.2, -0.15) is 8.78 Å². The standard InChI is InChI=1S/C16H10BrF2NOS/c17-11-6-7-13(21-16(18)19)10(9-11)5-8-15-20-12-3-1-2-4-14(12)22-15/h1-9,16H/b8-5+. The van der Waals surface area contributed by atoms with Gasteiger partial charge in [0.15, 0.2) is 0 Å². The fourth-order valence-electron chi connectivity index (χ4n) is 1.98. The Morgan fingerprint density at radius 1 is 1.14 bits per heavy atom. The van der Waals surface area contributed by atoms with E-state index in [-0.39, 0.29) is 5.75 Å². The average Bonchev–Trinajstić information content (AvgIpc) is 2.90. The van der Waals surface area contributed by atoms with E-state index in [0.717, 1.165) is 19.7 Å². The highest BCUT2D eigenvalue weighted by Gasteiger charge is 2.08. The molecule has 1 aromatic heterocycles. The molecule has 0 aliphatic rings. The summed E-state index contributed by atoms with van der Waals surface area (Å²) in [5.41, 5.74) is 1.49. The molecule has 0 fully saturated rings. The average molecular weight is 382 g/mol. The van der Waals surface area contributed by atoms with Gasteiger partial charge >= 0.3 is 6.61 Å². The first kappa shape index (κ1) is 15.1. The summed E-state index contributed by atoms with van der Waals surface area (Å²) in [5.74, 6) is 0.135. The predicted octanol–water partition coefficient (Wildman–Crippen LogP) is 5.83. The van der Waals surface area contributed by atoms with E-state index >= 15 is 0 Å². The molecule has 0 saturated heterocycles. The minimum absolute atomic E-state index is 0.135. The van der Waals surface area contributed by atoms with Crippen LogP contribution in [0.1, 0.15) is 10.6 Å². The Morgan fingerprint density at radius 2 is 1.95 bits per heavy atom. The monoisotopic (exact) mass is 381 g/mol. The van der Waals surface area contributed by atoms with Gasteiger partial charge in [0.05, 0.1) is 10.2 Å². The minimum Gasteiger partial charge on any atom is -0.434 e. The maximum Gasteiger partial charge on any atom is 0.387 e. The zero-order valence-electron chi connectivity index (χ0n) is 11.2. The maximum absolute atomic E-state index is 12.4. The molecule has 0 atom stereocenters. The zero-order valence-corrected chi connectivity index (χ0v) is 13.6. The first-order chi connectivity index (χ1) is 10.6. The zero-order chi connectivity index (χ0) is 15.5. The number of aromatic nitrogens is 1. The molecule has 3 aromatic rings. The third-order valence-electron chi connectivity index (χ3n) is 2.90. The fraction of sp³-hybridized carbons (Fsp3) is 0.0625. The largest absolute Gasteiger partial charge is 0.434 e. The van der Waals surface area contributed by atoms with Crippen LogP contribution in [-0.4, -0.2) is 11.6 Å². The van der Waals surface area contributed by atoms with Crippen LogP contribution in [0.4, 0.5) is 8.78 Å². The van der Waals surface area contributed by atoms with Crippen molar-refractivity contribution in [1.82, 2.24) is 4.98 Å². The Labute approximate surface area is 138 Å². The van der Waals surface area contributed by atoms with Gasteiger partial charge in [-0.15, -0.1) is 11.3 Å². The molecule has 0 aliphatic carbocycles. The molecule has 0 N–H and O–H groups in total. The summed E-state index contributed by atoms with van der Waals surface area (Å²) in [7, 11) is 0. The summed E-state index contributed by atoms with van der Waals surface area (Å²) in [5, 5.41) is 0.809. The van der Waals surface area contributed by atoms with Gasteiger partial charge in [-0.05, 0) is 42.5 Å². The van der Waals surface area contributed by atoms with E-state index in [0.29, 0.717) is 5.56 Å². The number of alkyl halides is 2. The second-order valence-electron chi connectivity index (χ2n) is 4.41. The van der Waals surface area contributed by atoms with Gasteiger partial charge < -0.3 is 4.74 Å². The van der Waals surface area contributed by atoms with Crippen molar-refractivity contribution in [3.8, 4) is 5.75 Å². The van der Waals surface area contributed by atoms with Gasteiger partial charge in [0, 0.05) is 10.0 Å². The quantitative estimate of drug-likeness (QED) is 0.566. The third-order valence-corrected chi connectivity index (χ3v) is 4.40. The molecule has 0 amide bonds. The molecule has 0 radical (unpaired) electrons. The molecule has 112 valence electrons. The van der Waals surface area contributed by atoms with Gasteiger partial charge in [-0.25, -0.2) is 4.98 Å². The van der Waals surface area contributed by atoms with Gasteiger partial charge in [-0.1, -0.05) is 28.1 Å². The van der Waals surface area contributed by atoms with Crippen molar-refractivity contribution in [2.24, 2.45) is 0 Å². The number of benzene rings is 2. The lowest BCUT2D eigenvalue weighted by Gasteiger charge is -2.08. The normalized spacial score (nSPS) is 11.6. The molecule has 22 heavy (non-hydrogen) atoms. The van der Waals surface area contributed by atoms with E-state index < -0.39 is 6.61 Å². The van der Waals surface area contributed by atoms with E-state index in [1.54, 1.807) is 35.6 Å². The Bertz CT molecular complexity index is 799. The van der Waals surface area contributed by atoms with Crippen LogP contribution < -0.4 is 4.74 Å². The Hall–Kier alpha value is -1.79. The van der Waals surface area contributed by atoms with Crippen LogP contribution >= 0.6 is 27.3 Å². The van der Waals surface area contributed by atoms with Crippen LogP contribution in [0.15, 0.2) is 46.9 Å². The Kier molecular flexibility index (Phi) is 4.49. The lowest BCUT2D eigenvalue weighted by Crippen LogP contribution is -2.03. The number of thiazole rings is 1. The van der Waals surface area contributed by atoms with Crippen LogP contribution in [0.25, 0.3) is 22.4 Å². The van der Waals surface area contributed by atoms with Crippen LogP contribution in [0.5, 0.6) is 5.75 Å². The van der Waals surface area contributed by atoms with E-state index in [1.807, 2.05) is 24.3 Å². The highest BCUT2D eigenvalue weighted by molar-refractivity contribution is 9.10. The molecule has 0 spiro atoms. The first-order valence-corrected chi connectivity index (χ1v) is 8.01. The van der Waals surface area contributed by atoms with Crippen molar-refractivity contribution >= 4 is 49.6 Å². The van der Waals surface area contributed by atoms with Crippen molar-refractivity contribution in [2.45, 2.75) is 6.61 Å². The van der Waals surface area contributed by atoms with Gasteiger partial charge in [0.1, 0.15) is 10.8 Å². The molecule has 6 heteroatoms. The summed E-state index contributed by atoms with van der Waals surface area (Å²) in [6.45, 7) is -2.85. The number of para-hydroxylation sites is 1. The summed E-state index contributed by atoms with van der Waals surface area (Å²) >= 11 is 4.87. The SMILES string of the molecule is FC(F)Oc1ccc(Br)cc1/C=C/c1nc2ccccc2s1. The van der Waals surface area contributed by atoms with Crippen molar-refractivity contribution in [2.75, 3.05) is 0 Å². The Morgan fingerprint density at radius 3 is 2.73 bits per heavy atom. The second kappa shape index (κ2) is 6.54. The van der Waals surface area contributed by atoms with E-state index in [9.17, 15) is 8.78 Å². The lowest BCUT2D eigenvalue weighted by molar-refractivity contribution is -0.0499. The number of hydrogen-bond acceptors (Lipinski definition) is 3. The van der Waals surface area contributed by atoms with E-state index in [2.05, 4.69) is 25.7 Å². The van der Waals surface area contributed by atoms with Crippen LogP contribution in [-0.2, 0) is 0 Å². The topological polar surface area (TPSA) is 22.1 Å². The number of ether oxygens (including phenoxy) is 1. The fourth-order valence-corrected chi connectivity index (χ4v) is 3.22. The number of halogens is 3. The van der Waals surface area contributed by atoms with Crippen molar-refractivity contribution < 1.29 is 13.5 Å². The summed E-state index contributed by atoms with van der Waals surface area (Å²) < 4.78 is 31.3. The van der Waals surface area contributed by atoms with Crippen LogP contribution in [0.2, 0.25) is 0 Å². The predicted molar refractivity (Wildman–Crippen MR) is 89.3 cm³/mol. The smallest absolute Gasteiger partial charge is 0.387 e. The van der Waals surface area contributed by atoms with Crippen LogP contribution in [0.3, 0.4) is 0 Å². The molecule has 0 saturated carbocycles. The van der Waals surface area contributed by atoms with E-state index in [1.165, 1.54) is 6.07 Å². The molecule has 1 heterocycles. The van der Waals surface area contributed by atoms with Crippen molar-refractivity contribution in [1.29, 1.82) is 0 Å². The molecule has 0 bridgehead atoms. The van der Waals surface area contributed by atoms with Gasteiger partial charge in [0.2, 0.25) is 0 Å². The van der Waals surface area contributed by atoms with Crippen molar-refractivity contribution in [3.63, 3.8) is 0 Å².